The highest BCUT2D eigenvalue weighted by Crippen LogP contribution is 2.31. The third-order valence-electron chi connectivity index (χ3n) is 7.01. The van der Waals surface area contributed by atoms with Crippen LogP contribution in [0.2, 0.25) is 0 Å². The highest BCUT2D eigenvalue weighted by Gasteiger charge is 2.32. The highest BCUT2D eigenvalue weighted by atomic mass is 32.1. The molecule has 2 aliphatic rings. The van der Waals surface area contributed by atoms with Crippen molar-refractivity contribution in [3.8, 4) is 0 Å². The normalized spacial score (nSPS) is 21.5. The molecule has 2 aromatic heterocycles. The van der Waals surface area contributed by atoms with E-state index in [0.717, 1.165) is 25.7 Å². The van der Waals surface area contributed by atoms with Crippen LogP contribution in [0.4, 0.5) is 10.1 Å². The summed E-state index contributed by atoms with van der Waals surface area (Å²) in [4.78, 5) is 44.8. The van der Waals surface area contributed by atoms with Gasteiger partial charge in [-0.05, 0) is 55.2 Å². The molecule has 2 fully saturated rings. The Labute approximate surface area is 194 Å². The van der Waals surface area contributed by atoms with E-state index in [-0.39, 0.29) is 34.8 Å². The van der Waals surface area contributed by atoms with Gasteiger partial charge < -0.3 is 14.8 Å². The molecule has 1 N–H and O–H groups in total. The second kappa shape index (κ2) is 9.13. The first kappa shape index (κ1) is 21.9. The number of amides is 1. The van der Waals surface area contributed by atoms with Crippen molar-refractivity contribution >= 4 is 33.1 Å². The number of hydrogen-bond acceptors (Lipinski definition) is 5. The summed E-state index contributed by atoms with van der Waals surface area (Å²) in [6.07, 6.45) is 3.18. The maximum absolute atomic E-state index is 14.1. The van der Waals surface area contributed by atoms with Crippen molar-refractivity contribution in [1.29, 1.82) is 0 Å². The van der Waals surface area contributed by atoms with E-state index in [1.807, 2.05) is 15.9 Å². The first-order chi connectivity index (χ1) is 16.0. The van der Waals surface area contributed by atoms with Crippen LogP contribution in [0.5, 0.6) is 0 Å². The first-order valence-corrected chi connectivity index (χ1v) is 12.4. The molecule has 3 aromatic rings. The summed E-state index contributed by atoms with van der Waals surface area (Å²) in [7, 11) is 0. The largest absolute Gasteiger partial charge is 0.366 e. The summed E-state index contributed by atoms with van der Waals surface area (Å²) >= 11 is 1.34. The molecule has 33 heavy (non-hydrogen) atoms. The van der Waals surface area contributed by atoms with Gasteiger partial charge in [0, 0.05) is 38.6 Å². The third-order valence-corrected chi connectivity index (χ3v) is 7.92. The Morgan fingerprint density at radius 3 is 2.48 bits per heavy atom. The van der Waals surface area contributed by atoms with E-state index in [1.54, 1.807) is 23.6 Å². The Kier molecular flexibility index (Phi) is 6.05. The van der Waals surface area contributed by atoms with Gasteiger partial charge in [0.2, 0.25) is 5.91 Å². The van der Waals surface area contributed by atoms with E-state index in [0.29, 0.717) is 48.6 Å². The van der Waals surface area contributed by atoms with Crippen LogP contribution in [-0.2, 0) is 11.3 Å². The lowest BCUT2D eigenvalue weighted by Crippen LogP contribution is -2.51. The van der Waals surface area contributed by atoms with E-state index < -0.39 is 0 Å². The average molecular weight is 471 g/mol. The molecule has 9 heteroatoms. The van der Waals surface area contributed by atoms with Gasteiger partial charge in [-0.25, -0.2) is 9.18 Å². The standard InChI is InChI=1S/C24H27FN4O3S/c25-18-3-1-2-4-20(18)27-10-12-28(13-11-27)22(30)17-7-5-16(6-8-17)15-29-23(31)21-19(9-14-33-21)26-24(29)32/h1-4,9,14,16-17H,5-8,10-13,15H2,(H,26,32). The second-order valence-electron chi connectivity index (χ2n) is 8.99. The summed E-state index contributed by atoms with van der Waals surface area (Å²) in [5.74, 6) is 0.141. The maximum atomic E-state index is 14.1. The van der Waals surface area contributed by atoms with Crippen molar-refractivity contribution in [2.75, 3.05) is 31.1 Å². The Bertz CT molecular complexity index is 1270. The highest BCUT2D eigenvalue weighted by molar-refractivity contribution is 7.17. The number of H-pyrrole nitrogens is 1. The first-order valence-electron chi connectivity index (χ1n) is 11.5. The van der Waals surface area contributed by atoms with E-state index >= 15 is 0 Å². The van der Waals surface area contributed by atoms with Crippen LogP contribution in [0.25, 0.3) is 10.2 Å². The van der Waals surface area contributed by atoms with Crippen LogP contribution in [0.15, 0.2) is 45.3 Å². The molecule has 5 rings (SSSR count). The second-order valence-corrected chi connectivity index (χ2v) is 9.91. The number of para-hydroxylation sites is 1. The molecule has 1 aliphatic carbocycles. The topological polar surface area (TPSA) is 78.4 Å². The van der Waals surface area contributed by atoms with Crippen LogP contribution < -0.4 is 16.1 Å². The van der Waals surface area contributed by atoms with Crippen molar-refractivity contribution < 1.29 is 9.18 Å². The zero-order valence-corrected chi connectivity index (χ0v) is 19.2. The predicted octanol–water partition coefficient (Wildman–Crippen LogP) is 3.05. The lowest BCUT2D eigenvalue weighted by atomic mass is 9.81. The minimum absolute atomic E-state index is 0.0176. The number of hydrogen-bond donors (Lipinski definition) is 1. The van der Waals surface area contributed by atoms with Crippen molar-refractivity contribution in [2.24, 2.45) is 11.8 Å². The fourth-order valence-electron chi connectivity index (χ4n) is 5.12. The van der Waals surface area contributed by atoms with Gasteiger partial charge in [0.05, 0.1) is 11.2 Å². The van der Waals surface area contributed by atoms with Crippen LogP contribution in [0.3, 0.4) is 0 Å². The van der Waals surface area contributed by atoms with Crippen molar-refractivity contribution in [3.05, 3.63) is 62.4 Å². The van der Waals surface area contributed by atoms with Gasteiger partial charge in [0.15, 0.2) is 0 Å². The minimum atomic E-state index is -0.364. The molecule has 1 aromatic carbocycles. The van der Waals surface area contributed by atoms with Crippen LogP contribution in [0.1, 0.15) is 25.7 Å². The lowest BCUT2D eigenvalue weighted by Gasteiger charge is -2.39. The zero-order chi connectivity index (χ0) is 22.9. The van der Waals surface area contributed by atoms with Gasteiger partial charge in [-0.3, -0.25) is 14.2 Å². The van der Waals surface area contributed by atoms with Crippen molar-refractivity contribution in [2.45, 2.75) is 32.2 Å². The van der Waals surface area contributed by atoms with E-state index in [1.165, 1.54) is 22.0 Å². The molecule has 0 bridgehead atoms. The third kappa shape index (κ3) is 4.34. The van der Waals surface area contributed by atoms with Gasteiger partial charge in [0.25, 0.3) is 5.56 Å². The number of fused-ring (bicyclic) bond motifs is 1. The molecule has 174 valence electrons. The fourth-order valence-corrected chi connectivity index (χ4v) is 5.92. The molecule has 0 radical (unpaired) electrons. The molecule has 0 spiro atoms. The Balaban J connectivity index is 1.16. The number of aromatic nitrogens is 2. The molecule has 7 nitrogen and oxygen atoms in total. The molecular formula is C24H27FN4O3S. The summed E-state index contributed by atoms with van der Waals surface area (Å²) in [5.41, 5.74) is 0.596. The number of thiophene rings is 1. The summed E-state index contributed by atoms with van der Waals surface area (Å²) in [6, 6.07) is 8.50. The molecule has 1 saturated carbocycles. The van der Waals surface area contributed by atoms with Gasteiger partial charge in [0.1, 0.15) is 10.5 Å². The molecule has 3 heterocycles. The van der Waals surface area contributed by atoms with E-state index in [9.17, 15) is 18.8 Å². The SMILES string of the molecule is O=C(C1CCC(Cn2c(=O)[nH]c3ccsc3c2=O)CC1)N1CCN(c2ccccc2F)CC1. The number of benzene rings is 1. The smallest absolute Gasteiger partial charge is 0.328 e. The Morgan fingerprint density at radius 2 is 1.76 bits per heavy atom. The predicted molar refractivity (Wildman–Crippen MR) is 127 cm³/mol. The molecule has 0 unspecified atom stereocenters. The number of aromatic amines is 1. The minimum Gasteiger partial charge on any atom is -0.366 e. The van der Waals surface area contributed by atoms with Crippen LogP contribution >= 0.6 is 11.3 Å². The number of rotatable bonds is 4. The molecule has 0 atom stereocenters. The monoisotopic (exact) mass is 470 g/mol. The number of carbonyl (C=O) groups excluding carboxylic acids is 1. The summed E-state index contributed by atoms with van der Waals surface area (Å²) in [6.45, 7) is 2.83. The van der Waals surface area contributed by atoms with Crippen LogP contribution in [-0.4, -0.2) is 46.5 Å². The van der Waals surface area contributed by atoms with E-state index in [4.69, 9.17) is 0 Å². The average Bonchev–Trinajstić information content (AvgIpc) is 3.31. The van der Waals surface area contributed by atoms with Gasteiger partial charge in [-0.1, -0.05) is 12.1 Å². The van der Waals surface area contributed by atoms with Gasteiger partial charge in [-0.2, -0.15) is 0 Å². The van der Waals surface area contributed by atoms with Gasteiger partial charge in [-0.15, -0.1) is 11.3 Å². The number of carbonyl (C=O) groups is 1. The molecule has 1 amide bonds. The Hall–Kier alpha value is -2.94. The van der Waals surface area contributed by atoms with E-state index in [2.05, 4.69) is 4.98 Å². The lowest BCUT2D eigenvalue weighted by molar-refractivity contribution is -0.137. The number of nitrogens with zero attached hydrogens (tertiary/aromatic N) is 3. The van der Waals surface area contributed by atoms with Crippen LogP contribution in [0, 0.1) is 17.7 Å². The number of nitrogens with one attached hydrogen (secondary N) is 1. The number of piperazine rings is 1. The summed E-state index contributed by atoms with van der Waals surface area (Å²) in [5, 5.41) is 1.80. The fraction of sp³-hybridized carbons (Fsp3) is 0.458. The summed E-state index contributed by atoms with van der Waals surface area (Å²) < 4.78 is 15.9. The van der Waals surface area contributed by atoms with Crippen molar-refractivity contribution in [1.82, 2.24) is 14.5 Å². The number of halogens is 1. The molecule has 1 aliphatic heterocycles. The number of anilines is 1. The van der Waals surface area contributed by atoms with Gasteiger partial charge >= 0.3 is 5.69 Å². The quantitative estimate of drug-likeness (QED) is 0.636. The zero-order valence-electron chi connectivity index (χ0n) is 18.3. The van der Waals surface area contributed by atoms with Crippen molar-refractivity contribution in [3.63, 3.8) is 0 Å². The molecule has 1 saturated heterocycles. The molecular weight excluding hydrogens is 443 g/mol. The maximum Gasteiger partial charge on any atom is 0.328 e. The Morgan fingerprint density at radius 1 is 1.03 bits per heavy atom.